The number of rotatable bonds is 12. The van der Waals surface area contributed by atoms with E-state index in [2.05, 4.69) is 48.1 Å². The van der Waals surface area contributed by atoms with E-state index < -0.39 is 0 Å². The average molecular weight is 483 g/mol. The van der Waals surface area contributed by atoms with Crippen LogP contribution < -0.4 is 19.5 Å². The number of thioether (sulfide) groups is 1. The normalized spacial score (nSPS) is 10.7. The number of allylic oxidation sites excluding steroid dienone is 1. The fourth-order valence-electron chi connectivity index (χ4n) is 3.16. The number of carbonyl (C=O) groups excluding carboxylic acids is 1. The lowest BCUT2D eigenvalue weighted by molar-refractivity contribution is -0.113. The van der Waals surface area contributed by atoms with Crippen LogP contribution in [0, 0.1) is 0 Å². The first-order valence-electron chi connectivity index (χ1n) is 10.9. The molecule has 0 spiro atoms. The number of hydrogen-bond donors (Lipinski definition) is 1. The quantitative estimate of drug-likeness (QED) is 0.290. The molecule has 34 heavy (non-hydrogen) atoms. The Morgan fingerprint density at radius 1 is 1.12 bits per heavy atom. The molecule has 0 saturated heterocycles. The van der Waals surface area contributed by atoms with Gasteiger partial charge in [0.05, 0.1) is 25.7 Å². The first kappa shape index (κ1) is 25.2. The zero-order valence-corrected chi connectivity index (χ0v) is 20.7. The van der Waals surface area contributed by atoms with Crippen LogP contribution in [-0.4, -0.2) is 40.6 Å². The van der Waals surface area contributed by atoms with E-state index in [1.807, 2.05) is 16.7 Å². The predicted molar refractivity (Wildman–Crippen MR) is 134 cm³/mol. The second kappa shape index (κ2) is 12.1. The van der Waals surface area contributed by atoms with Crippen LogP contribution in [0.4, 0.5) is 5.69 Å². The summed E-state index contributed by atoms with van der Waals surface area (Å²) in [5.41, 5.74) is 1.82. The van der Waals surface area contributed by atoms with Gasteiger partial charge in [0.15, 0.2) is 11.0 Å². The van der Waals surface area contributed by atoms with Gasteiger partial charge in [-0.1, -0.05) is 43.8 Å². The standard InChI is InChI=1S/C25H30N4O4S/c1-6-13-29-23(15-33-19-9-7-18(8-10-19)17(2)3)27-28-25(29)34-16-24(30)26-21-12-11-20(31-4)14-22(21)32-5/h6-12,14,17H,1,13,15-16H2,2-5H3,(H,26,30). The number of ether oxygens (including phenoxy) is 3. The summed E-state index contributed by atoms with van der Waals surface area (Å²) >= 11 is 1.29. The minimum absolute atomic E-state index is 0.155. The van der Waals surface area contributed by atoms with Crippen LogP contribution in [-0.2, 0) is 17.9 Å². The Morgan fingerprint density at radius 2 is 1.85 bits per heavy atom. The molecule has 0 unspecified atom stereocenters. The molecule has 1 N–H and O–H groups in total. The molecule has 0 aliphatic carbocycles. The average Bonchev–Trinajstić information content (AvgIpc) is 3.23. The zero-order valence-electron chi connectivity index (χ0n) is 19.9. The van der Waals surface area contributed by atoms with Crippen molar-refractivity contribution in [3.63, 3.8) is 0 Å². The highest BCUT2D eigenvalue weighted by Gasteiger charge is 2.15. The SMILES string of the molecule is C=CCn1c(COc2ccc(C(C)C)cc2)nnc1SCC(=O)Nc1ccc(OC)cc1OC. The number of anilines is 1. The fraction of sp³-hybridized carbons (Fsp3) is 0.320. The highest BCUT2D eigenvalue weighted by Crippen LogP contribution is 2.29. The third-order valence-corrected chi connectivity index (χ3v) is 6.00. The first-order chi connectivity index (χ1) is 16.4. The lowest BCUT2D eigenvalue weighted by atomic mass is 10.0. The molecule has 9 heteroatoms. The van der Waals surface area contributed by atoms with Crippen LogP contribution in [0.5, 0.6) is 17.2 Å². The molecule has 1 heterocycles. The summed E-state index contributed by atoms with van der Waals surface area (Å²) < 4.78 is 18.3. The highest BCUT2D eigenvalue weighted by atomic mass is 32.2. The van der Waals surface area contributed by atoms with Gasteiger partial charge in [0.2, 0.25) is 5.91 Å². The molecule has 0 aliphatic heterocycles. The molecule has 8 nitrogen and oxygen atoms in total. The number of aromatic nitrogens is 3. The molecule has 0 bridgehead atoms. The van der Waals surface area contributed by atoms with E-state index in [-0.39, 0.29) is 18.3 Å². The molecule has 1 aromatic heterocycles. The lowest BCUT2D eigenvalue weighted by Gasteiger charge is -2.12. The van der Waals surface area contributed by atoms with E-state index >= 15 is 0 Å². The van der Waals surface area contributed by atoms with E-state index in [0.717, 1.165) is 5.75 Å². The maximum absolute atomic E-state index is 12.5. The summed E-state index contributed by atoms with van der Waals surface area (Å²) in [4.78, 5) is 12.5. The Kier molecular flexibility index (Phi) is 8.98. The Balaban J connectivity index is 1.61. The number of hydrogen-bond acceptors (Lipinski definition) is 7. The fourth-order valence-corrected chi connectivity index (χ4v) is 3.93. The zero-order chi connectivity index (χ0) is 24.5. The van der Waals surface area contributed by atoms with Crippen molar-refractivity contribution in [2.45, 2.75) is 38.1 Å². The highest BCUT2D eigenvalue weighted by molar-refractivity contribution is 7.99. The van der Waals surface area contributed by atoms with Crippen molar-refractivity contribution in [3.05, 3.63) is 66.5 Å². The minimum atomic E-state index is -0.190. The topological polar surface area (TPSA) is 87.5 Å². The molecule has 3 rings (SSSR count). The van der Waals surface area contributed by atoms with E-state index in [1.165, 1.54) is 17.3 Å². The summed E-state index contributed by atoms with van der Waals surface area (Å²) in [6, 6.07) is 13.2. The van der Waals surface area contributed by atoms with Gasteiger partial charge in [-0.2, -0.15) is 0 Å². The van der Waals surface area contributed by atoms with Crippen molar-refractivity contribution in [1.29, 1.82) is 0 Å². The van der Waals surface area contributed by atoms with E-state index in [4.69, 9.17) is 14.2 Å². The smallest absolute Gasteiger partial charge is 0.234 e. The van der Waals surface area contributed by atoms with Crippen LogP contribution in [0.3, 0.4) is 0 Å². The molecule has 0 fully saturated rings. The summed E-state index contributed by atoms with van der Waals surface area (Å²) in [6.07, 6.45) is 1.76. The maximum atomic E-state index is 12.5. The molecule has 180 valence electrons. The van der Waals surface area contributed by atoms with Crippen molar-refractivity contribution in [2.24, 2.45) is 0 Å². The van der Waals surface area contributed by atoms with Gasteiger partial charge < -0.3 is 19.5 Å². The molecule has 0 radical (unpaired) electrons. The van der Waals surface area contributed by atoms with Gasteiger partial charge in [-0.3, -0.25) is 9.36 Å². The Labute approximate surface area is 204 Å². The predicted octanol–water partition coefficient (Wildman–Crippen LogP) is 4.91. The van der Waals surface area contributed by atoms with Crippen molar-refractivity contribution in [1.82, 2.24) is 14.8 Å². The van der Waals surface area contributed by atoms with Crippen LogP contribution in [0.15, 0.2) is 60.3 Å². The lowest BCUT2D eigenvalue weighted by Crippen LogP contribution is -2.15. The van der Waals surface area contributed by atoms with Crippen LogP contribution in [0.25, 0.3) is 0 Å². The third kappa shape index (κ3) is 6.54. The second-order valence-electron chi connectivity index (χ2n) is 7.71. The first-order valence-corrected chi connectivity index (χ1v) is 11.8. The molecule has 0 saturated carbocycles. The third-order valence-electron chi connectivity index (χ3n) is 5.03. The Hall–Kier alpha value is -3.46. The molecular weight excluding hydrogens is 452 g/mol. The van der Waals surface area contributed by atoms with E-state index in [1.54, 1.807) is 38.5 Å². The van der Waals surface area contributed by atoms with Crippen LogP contribution >= 0.6 is 11.8 Å². The molecule has 3 aromatic rings. The van der Waals surface area contributed by atoms with Crippen LogP contribution in [0.1, 0.15) is 31.2 Å². The Bertz CT molecular complexity index is 1110. The van der Waals surface area contributed by atoms with Gasteiger partial charge in [0.1, 0.15) is 23.9 Å². The molecular formula is C25H30N4O4S. The summed E-state index contributed by atoms with van der Waals surface area (Å²) in [5, 5.41) is 12.0. The molecule has 2 aromatic carbocycles. The van der Waals surface area contributed by atoms with Gasteiger partial charge in [0, 0.05) is 12.6 Å². The van der Waals surface area contributed by atoms with Crippen molar-refractivity contribution in [2.75, 3.05) is 25.3 Å². The van der Waals surface area contributed by atoms with Crippen molar-refractivity contribution in [3.8, 4) is 17.2 Å². The van der Waals surface area contributed by atoms with Crippen molar-refractivity contribution >= 4 is 23.4 Å². The summed E-state index contributed by atoms with van der Waals surface area (Å²) in [6.45, 7) is 8.89. The van der Waals surface area contributed by atoms with Gasteiger partial charge in [0.25, 0.3) is 0 Å². The Morgan fingerprint density at radius 3 is 2.50 bits per heavy atom. The van der Waals surface area contributed by atoms with Gasteiger partial charge in [-0.15, -0.1) is 16.8 Å². The van der Waals surface area contributed by atoms with Gasteiger partial charge in [-0.25, -0.2) is 0 Å². The van der Waals surface area contributed by atoms with Gasteiger partial charge >= 0.3 is 0 Å². The number of amides is 1. The largest absolute Gasteiger partial charge is 0.497 e. The van der Waals surface area contributed by atoms with Gasteiger partial charge in [-0.05, 0) is 35.7 Å². The van der Waals surface area contributed by atoms with Crippen molar-refractivity contribution < 1.29 is 19.0 Å². The molecule has 1 amide bonds. The number of benzene rings is 2. The number of carbonyl (C=O) groups is 1. The summed E-state index contributed by atoms with van der Waals surface area (Å²) in [7, 11) is 3.12. The molecule has 0 atom stereocenters. The van der Waals surface area contributed by atoms with Crippen LogP contribution in [0.2, 0.25) is 0 Å². The number of methoxy groups -OCH3 is 2. The second-order valence-corrected chi connectivity index (χ2v) is 8.66. The number of nitrogens with one attached hydrogen (secondary N) is 1. The van der Waals surface area contributed by atoms with E-state index in [0.29, 0.717) is 40.6 Å². The monoisotopic (exact) mass is 482 g/mol. The molecule has 0 aliphatic rings. The maximum Gasteiger partial charge on any atom is 0.234 e. The van der Waals surface area contributed by atoms with E-state index in [9.17, 15) is 4.79 Å². The minimum Gasteiger partial charge on any atom is -0.497 e. The summed E-state index contributed by atoms with van der Waals surface area (Å²) in [5.74, 6) is 3.02. The number of nitrogens with zero attached hydrogens (tertiary/aromatic N) is 3.